The minimum absolute atomic E-state index is 0.0273. The molecule has 1 fully saturated rings. The third-order valence-electron chi connectivity index (χ3n) is 4.00. The first-order valence-electron chi connectivity index (χ1n) is 7.20. The maximum atomic E-state index is 12.7. The molecule has 2 aromatic rings. The fraction of sp³-hybridized carbons (Fsp3) is 0.400. The predicted molar refractivity (Wildman–Crippen MR) is 91.3 cm³/mol. The molecule has 23 heavy (non-hydrogen) atoms. The molecule has 3 heterocycles. The number of halogens is 1. The summed E-state index contributed by atoms with van der Waals surface area (Å²) in [5, 5.41) is 11.7. The molecule has 122 valence electrons. The van der Waals surface area contributed by atoms with Crippen molar-refractivity contribution in [1.82, 2.24) is 9.88 Å². The molecule has 3 rings (SSSR count). The van der Waals surface area contributed by atoms with Crippen LogP contribution in [0.25, 0.3) is 9.88 Å². The van der Waals surface area contributed by atoms with Crippen LogP contribution in [0.3, 0.4) is 0 Å². The summed E-state index contributed by atoms with van der Waals surface area (Å²) in [5.41, 5.74) is 0.368. The molecule has 5 nitrogen and oxygen atoms in total. The molecule has 2 atom stereocenters. The van der Waals surface area contributed by atoms with Crippen molar-refractivity contribution in [3.8, 4) is 9.88 Å². The van der Waals surface area contributed by atoms with E-state index in [2.05, 4.69) is 4.98 Å². The zero-order valence-electron chi connectivity index (χ0n) is 12.4. The number of carbonyl (C=O) groups is 2. The summed E-state index contributed by atoms with van der Waals surface area (Å²) in [6, 6.07) is 3.71. The number of thiophene rings is 1. The van der Waals surface area contributed by atoms with Crippen molar-refractivity contribution in [3.05, 3.63) is 27.5 Å². The first kappa shape index (κ1) is 16.4. The Balaban J connectivity index is 1.79. The molecule has 0 bridgehead atoms. The van der Waals surface area contributed by atoms with Gasteiger partial charge in [-0.05, 0) is 31.9 Å². The molecule has 2 aromatic heterocycles. The van der Waals surface area contributed by atoms with Crippen LogP contribution in [0.2, 0.25) is 4.34 Å². The van der Waals surface area contributed by atoms with Gasteiger partial charge < -0.3 is 10.0 Å². The number of piperidine rings is 1. The Labute approximate surface area is 146 Å². The van der Waals surface area contributed by atoms with Crippen LogP contribution in [-0.4, -0.2) is 39.5 Å². The summed E-state index contributed by atoms with van der Waals surface area (Å²) < 4.78 is 0.678. The van der Waals surface area contributed by atoms with E-state index in [1.54, 1.807) is 16.3 Å². The fourth-order valence-corrected chi connectivity index (χ4v) is 4.56. The van der Waals surface area contributed by atoms with E-state index >= 15 is 0 Å². The number of aliphatic carboxylic acids is 1. The van der Waals surface area contributed by atoms with E-state index in [-0.39, 0.29) is 18.5 Å². The van der Waals surface area contributed by atoms with Crippen LogP contribution in [0, 0.1) is 5.92 Å². The van der Waals surface area contributed by atoms with Gasteiger partial charge in [0.25, 0.3) is 5.91 Å². The lowest BCUT2D eigenvalue weighted by Crippen LogP contribution is -2.47. The zero-order valence-corrected chi connectivity index (χ0v) is 14.7. The van der Waals surface area contributed by atoms with Crippen LogP contribution in [-0.2, 0) is 4.79 Å². The molecule has 1 aliphatic rings. The number of likely N-dealkylation sites (tertiary alicyclic amines) is 1. The summed E-state index contributed by atoms with van der Waals surface area (Å²) in [7, 11) is 0. The Morgan fingerprint density at radius 3 is 2.83 bits per heavy atom. The Kier molecular flexibility index (Phi) is 4.70. The number of amides is 1. The Morgan fingerprint density at radius 2 is 2.17 bits per heavy atom. The molecule has 0 radical (unpaired) electrons. The first-order valence-corrected chi connectivity index (χ1v) is 9.28. The Morgan fingerprint density at radius 1 is 1.39 bits per heavy atom. The molecule has 1 amide bonds. The zero-order chi connectivity index (χ0) is 16.6. The van der Waals surface area contributed by atoms with Crippen LogP contribution >= 0.6 is 34.3 Å². The highest BCUT2D eigenvalue weighted by molar-refractivity contribution is 7.23. The van der Waals surface area contributed by atoms with E-state index in [1.165, 1.54) is 22.7 Å². The van der Waals surface area contributed by atoms with Gasteiger partial charge in [-0.2, -0.15) is 0 Å². The summed E-state index contributed by atoms with van der Waals surface area (Å²) >= 11 is 8.74. The average Bonchev–Trinajstić information content (AvgIpc) is 3.15. The number of thiazole rings is 1. The molecule has 1 aliphatic heterocycles. The highest BCUT2D eigenvalue weighted by Gasteiger charge is 2.33. The van der Waals surface area contributed by atoms with E-state index in [0.717, 1.165) is 9.88 Å². The Bertz CT molecular complexity index is 743. The molecular weight excluding hydrogens is 356 g/mol. The van der Waals surface area contributed by atoms with Crippen molar-refractivity contribution in [1.29, 1.82) is 0 Å². The number of carbonyl (C=O) groups excluding carboxylic acids is 1. The molecule has 1 saturated heterocycles. The van der Waals surface area contributed by atoms with Gasteiger partial charge in [0.15, 0.2) is 0 Å². The Hall–Kier alpha value is -1.44. The highest BCUT2D eigenvalue weighted by Crippen LogP contribution is 2.33. The first-order chi connectivity index (χ1) is 11.0. The number of carboxylic acid groups (broad SMARTS) is 1. The van der Waals surface area contributed by atoms with Gasteiger partial charge in [0.2, 0.25) is 0 Å². The predicted octanol–water partition coefficient (Wildman–Crippen LogP) is 3.85. The second-order valence-corrected chi connectivity index (χ2v) is 8.13. The quantitative estimate of drug-likeness (QED) is 0.890. The van der Waals surface area contributed by atoms with Crippen molar-refractivity contribution in [2.45, 2.75) is 25.8 Å². The topological polar surface area (TPSA) is 70.5 Å². The van der Waals surface area contributed by atoms with Gasteiger partial charge in [0.1, 0.15) is 10.7 Å². The lowest BCUT2D eigenvalue weighted by atomic mass is 9.93. The van der Waals surface area contributed by atoms with Gasteiger partial charge in [-0.1, -0.05) is 11.6 Å². The third-order valence-corrected chi connectivity index (χ3v) is 6.24. The standard InChI is InChI=1S/C15H15ClN2O3S2/c1-8-2-3-9(15(20)21)6-18(8)14(19)10-7-22-13(17-10)11-4-5-12(16)23-11/h4-5,7-9H,2-3,6H2,1H3,(H,20,21). The normalized spacial score (nSPS) is 21.4. The van der Waals surface area contributed by atoms with Gasteiger partial charge in [-0.15, -0.1) is 22.7 Å². The monoisotopic (exact) mass is 370 g/mol. The number of hydrogen-bond acceptors (Lipinski definition) is 5. The smallest absolute Gasteiger partial charge is 0.308 e. The number of rotatable bonds is 3. The van der Waals surface area contributed by atoms with E-state index in [0.29, 0.717) is 22.9 Å². The number of hydrogen-bond donors (Lipinski definition) is 1. The van der Waals surface area contributed by atoms with Gasteiger partial charge in [0, 0.05) is 18.0 Å². The molecule has 1 N–H and O–H groups in total. The van der Waals surface area contributed by atoms with Crippen molar-refractivity contribution >= 4 is 46.2 Å². The number of carboxylic acids is 1. The fourth-order valence-electron chi connectivity index (χ4n) is 2.65. The van der Waals surface area contributed by atoms with Crippen molar-refractivity contribution in [3.63, 3.8) is 0 Å². The summed E-state index contributed by atoms with van der Waals surface area (Å²) in [4.78, 5) is 30.8. The van der Waals surface area contributed by atoms with Gasteiger partial charge in [-0.3, -0.25) is 9.59 Å². The molecule has 0 saturated carbocycles. The van der Waals surface area contributed by atoms with Gasteiger partial charge in [-0.25, -0.2) is 4.98 Å². The van der Waals surface area contributed by atoms with Crippen LogP contribution < -0.4 is 0 Å². The SMILES string of the molecule is CC1CCC(C(=O)O)CN1C(=O)c1csc(-c2ccc(Cl)s2)n1. The van der Waals surface area contributed by atoms with Gasteiger partial charge >= 0.3 is 5.97 Å². The molecule has 0 aliphatic carbocycles. The van der Waals surface area contributed by atoms with Crippen molar-refractivity contribution in [2.75, 3.05) is 6.54 Å². The van der Waals surface area contributed by atoms with Crippen molar-refractivity contribution in [2.24, 2.45) is 5.92 Å². The minimum Gasteiger partial charge on any atom is -0.481 e. The molecule has 8 heteroatoms. The second-order valence-electron chi connectivity index (χ2n) is 5.56. The summed E-state index contributed by atoms with van der Waals surface area (Å²) in [6.07, 6.45) is 1.30. The van der Waals surface area contributed by atoms with E-state index in [1.807, 2.05) is 13.0 Å². The maximum absolute atomic E-state index is 12.7. The second kappa shape index (κ2) is 6.59. The third kappa shape index (κ3) is 3.41. The average molecular weight is 371 g/mol. The van der Waals surface area contributed by atoms with Crippen LogP contribution in [0.5, 0.6) is 0 Å². The van der Waals surface area contributed by atoms with Crippen LogP contribution in [0.4, 0.5) is 0 Å². The van der Waals surface area contributed by atoms with E-state index < -0.39 is 11.9 Å². The highest BCUT2D eigenvalue weighted by atomic mass is 35.5. The lowest BCUT2D eigenvalue weighted by Gasteiger charge is -2.36. The summed E-state index contributed by atoms with van der Waals surface area (Å²) in [5.74, 6) is -1.54. The van der Waals surface area contributed by atoms with E-state index in [4.69, 9.17) is 11.6 Å². The van der Waals surface area contributed by atoms with Crippen LogP contribution in [0.1, 0.15) is 30.3 Å². The minimum atomic E-state index is -0.845. The lowest BCUT2D eigenvalue weighted by molar-refractivity contribution is -0.143. The summed E-state index contributed by atoms with van der Waals surface area (Å²) in [6.45, 7) is 2.19. The maximum Gasteiger partial charge on any atom is 0.308 e. The van der Waals surface area contributed by atoms with E-state index in [9.17, 15) is 14.7 Å². The molecule has 0 spiro atoms. The van der Waals surface area contributed by atoms with Gasteiger partial charge in [0.05, 0.1) is 15.1 Å². The van der Waals surface area contributed by atoms with Crippen LogP contribution in [0.15, 0.2) is 17.5 Å². The molecular formula is C15H15ClN2O3S2. The van der Waals surface area contributed by atoms with Crippen molar-refractivity contribution < 1.29 is 14.7 Å². The number of nitrogens with zero attached hydrogens (tertiary/aromatic N) is 2. The largest absolute Gasteiger partial charge is 0.481 e. The molecule has 0 aromatic carbocycles. The number of aromatic nitrogens is 1. The molecule has 2 unspecified atom stereocenters.